The fourth-order valence-electron chi connectivity index (χ4n) is 2.10. The number of rotatable bonds is 3. The van der Waals surface area contributed by atoms with Gasteiger partial charge in [-0.2, -0.15) is 0 Å². The molecule has 0 aromatic heterocycles. The van der Waals surface area contributed by atoms with Gasteiger partial charge in [-0.25, -0.2) is 0 Å². The van der Waals surface area contributed by atoms with E-state index in [4.69, 9.17) is 15.7 Å². The first-order valence-corrected chi connectivity index (χ1v) is 6.16. The topological polar surface area (TPSA) is 71.1 Å². The highest BCUT2D eigenvalue weighted by Crippen LogP contribution is 2.10. The summed E-state index contributed by atoms with van der Waals surface area (Å²) in [5.74, 6) is 0.149. The molecule has 0 atom stereocenters. The molecule has 0 amide bonds. The Morgan fingerprint density at radius 1 is 1.39 bits per heavy atom. The van der Waals surface area contributed by atoms with Crippen LogP contribution in [0.4, 0.5) is 0 Å². The molecule has 3 N–H and O–H groups in total. The lowest BCUT2D eigenvalue weighted by Gasteiger charge is -2.19. The van der Waals surface area contributed by atoms with Crippen LogP contribution in [0.15, 0.2) is 29.4 Å². The molecule has 0 aliphatic carbocycles. The minimum absolute atomic E-state index is 0.149. The Hall–Kier alpha value is -1.59. The van der Waals surface area contributed by atoms with E-state index in [2.05, 4.69) is 16.1 Å². The zero-order valence-electron chi connectivity index (χ0n) is 10.4. The minimum atomic E-state index is 0.149. The van der Waals surface area contributed by atoms with E-state index in [1.165, 1.54) is 5.56 Å². The Balaban J connectivity index is 2.04. The second-order valence-corrected chi connectivity index (χ2v) is 4.43. The highest BCUT2D eigenvalue weighted by atomic mass is 16.5. The zero-order valence-corrected chi connectivity index (χ0v) is 10.4. The van der Waals surface area contributed by atoms with Crippen molar-refractivity contribution in [3.05, 3.63) is 35.4 Å². The summed E-state index contributed by atoms with van der Waals surface area (Å²) in [4.78, 5) is 2.36. The van der Waals surface area contributed by atoms with Crippen LogP contribution in [0, 0.1) is 0 Å². The molecule has 1 aliphatic heterocycles. The van der Waals surface area contributed by atoms with Gasteiger partial charge in [0, 0.05) is 31.8 Å². The van der Waals surface area contributed by atoms with Crippen molar-refractivity contribution < 1.29 is 9.94 Å². The number of ether oxygens (including phenoxy) is 1. The van der Waals surface area contributed by atoms with Gasteiger partial charge in [0.05, 0.1) is 6.61 Å². The van der Waals surface area contributed by atoms with E-state index in [0.29, 0.717) is 0 Å². The standard InChI is InChI=1S/C13H19N3O2/c14-13(15-17)12-4-1-3-11(9-12)10-16-5-2-7-18-8-6-16/h1,3-4,9,17H,2,5-8,10H2,(H2,14,15). The van der Waals surface area contributed by atoms with Crippen LogP contribution in [0.25, 0.3) is 0 Å². The molecule has 98 valence electrons. The Labute approximate surface area is 107 Å². The van der Waals surface area contributed by atoms with Crippen molar-refractivity contribution in [2.45, 2.75) is 13.0 Å². The maximum atomic E-state index is 8.67. The van der Waals surface area contributed by atoms with Crippen LogP contribution in [0.2, 0.25) is 0 Å². The van der Waals surface area contributed by atoms with Gasteiger partial charge in [0.2, 0.25) is 0 Å². The van der Waals surface area contributed by atoms with Gasteiger partial charge in [-0.05, 0) is 18.1 Å². The number of oxime groups is 1. The lowest BCUT2D eigenvalue weighted by Crippen LogP contribution is -2.26. The number of amidine groups is 1. The van der Waals surface area contributed by atoms with Crippen LogP contribution < -0.4 is 5.73 Å². The lowest BCUT2D eigenvalue weighted by molar-refractivity contribution is 0.140. The van der Waals surface area contributed by atoms with Crippen LogP contribution in [0.3, 0.4) is 0 Å². The van der Waals surface area contributed by atoms with Crippen LogP contribution in [-0.4, -0.2) is 42.2 Å². The third-order valence-corrected chi connectivity index (χ3v) is 3.05. The summed E-state index contributed by atoms with van der Waals surface area (Å²) < 4.78 is 5.43. The smallest absolute Gasteiger partial charge is 0.170 e. The molecule has 0 radical (unpaired) electrons. The highest BCUT2D eigenvalue weighted by molar-refractivity contribution is 5.97. The Bertz CT molecular complexity index is 412. The van der Waals surface area contributed by atoms with Gasteiger partial charge >= 0.3 is 0 Å². The van der Waals surface area contributed by atoms with Crippen molar-refractivity contribution in [2.75, 3.05) is 26.3 Å². The lowest BCUT2D eigenvalue weighted by atomic mass is 10.1. The molecule has 18 heavy (non-hydrogen) atoms. The fourth-order valence-corrected chi connectivity index (χ4v) is 2.10. The van der Waals surface area contributed by atoms with Crippen molar-refractivity contribution in [3.8, 4) is 0 Å². The van der Waals surface area contributed by atoms with Gasteiger partial charge in [-0.15, -0.1) is 0 Å². The second kappa shape index (κ2) is 6.37. The van der Waals surface area contributed by atoms with E-state index in [1.807, 2.05) is 18.2 Å². The van der Waals surface area contributed by atoms with E-state index in [0.717, 1.165) is 44.8 Å². The third-order valence-electron chi connectivity index (χ3n) is 3.05. The van der Waals surface area contributed by atoms with Gasteiger partial charge < -0.3 is 15.7 Å². The van der Waals surface area contributed by atoms with Crippen molar-refractivity contribution >= 4 is 5.84 Å². The highest BCUT2D eigenvalue weighted by Gasteiger charge is 2.10. The van der Waals surface area contributed by atoms with Crippen LogP contribution in [0.5, 0.6) is 0 Å². The number of hydrogen-bond acceptors (Lipinski definition) is 4. The van der Waals surface area contributed by atoms with Crippen LogP contribution >= 0.6 is 0 Å². The maximum absolute atomic E-state index is 8.67. The largest absolute Gasteiger partial charge is 0.409 e. The molecule has 0 bridgehead atoms. The molecule has 0 unspecified atom stereocenters. The zero-order chi connectivity index (χ0) is 12.8. The van der Waals surface area contributed by atoms with Crippen molar-refractivity contribution in [3.63, 3.8) is 0 Å². The number of nitrogens with zero attached hydrogens (tertiary/aromatic N) is 2. The molecule has 2 rings (SSSR count). The molecule has 0 saturated carbocycles. The summed E-state index contributed by atoms with van der Waals surface area (Å²) in [7, 11) is 0. The molecule has 1 aromatic carbocycles. The fraction of sp³-hybridized carbons (Fsp3) is 0.462. The molecule has 5 heteroatoms. The first kappa shape index (κ1) is 12.9. The van der Waals surface area contributed by atoms with Crippen LogP contribution in [0.1, 0.15) is 17.5 Å². The number of nitrogens with two attached hydrogens (primary N) is 1. The third kappa shape index (κ3) is 3.45. The first-order chi connectivity index (χ1) is 8.79. The van der Waals surface area contributed by atoms with Crippen molar-refractivity contribution in [1.29, 1.82) is 0 Å². The van der Waals surface area contributed by atoms with E-state index in [9.17, 15) is 0 Å². The van der Waals surface area contributed by atoms with Crippen LogP contribution in [-0.2, 0) is 11.3 Å². The quantitative estimate of drug-likeness (QED) is 0.363. The molecule has 5 nitrogen and oxygen atoms in total. The van der Waals surface area contributed by atoms with E-state index in [1.54, 1.807) is 0 Å². The molecule has 1 aromatic rings. The summed E-state index contributed by atoms with van der Waals surface area (Å²) in [6.07, 6.45) is 1.07. The average Bonchev–Trinajstić information content (AvgIpc) is 2.67. The molecule has 0 spiro atoms. The van der Waals surface area contributed by atoms with Gasteiger partial charge in [-0.3, -0.25) is 4.90 Å². The summed E-state index contributed by atoms with van der Waals surface area (Å²) in [5.41, 5.74) is 7.51. The normalized spacial score (nSPS) is 18.6. The van der Waals surface area contributed by atoms with Crippen molar-refractivity contribution in [2.24, 2.45) is 10.9 Å². The monoisotopic (exact) mass is 249 g/mol. The molecule has 1 fully saturated rings. The molecule has 1 saturated heterocycles. The Morgan fingerprint density at radius 2 is 2.28 bits per heavy atom. The summed E-state index contributed by atoms with van der Waals surface area (Å²) in [5, 5.41) is 11.7. The molecule has 1 aliphatic rings. The van der Waals surface area contributed by atoms with E-state index >= 15 is 0 Å². The number of hydrogen-bond donors (Lipinski definition) is 2. The SMILES string of the molecule is NC(=NO)c1cccc(CN2CCCOCC2)c1. The van der Waals surface area contributed by atoms with E-state index < -0.39 is 0 Å². The maximum Gasteiger partial charge on any atom is 0.170 e. The van der Waals surface area contributed by atoms with E-state index in [-0.39, 0.29) is 5.84 Å². The summed E-state index contributed by atoms with van der Waals surface area (Å²) >= 11 is 0. The Kier molecular flexibility index (Phi) is 4.55. The van der Waals surface area contributed by atoms with Crippen molar-refractivity contribution in [1.82, 2.24) is 4.90 Å². The van der Waals surface area contributed by atoms with Gasteiger partial charge in [0.1, 0.15) is 0 Å². The predicted molar refractivity (Wildman–Crippen MR) is 69.7 cm³/mol. The average molecular weight is 249 g/mol. The predicted octanol–water partition coefficient (Wildman–Crippen LogP) is 1.00. The molecular formula is C13H19N3O2. The second-order valence-electron chi connectivity index (χ2n) is 4.43. The summed E-state index contributed by atoms with van der Waals surface area (Å²) in [6, 6.07) is 7.78. The number of benzene rings is 1. The first-order valence-electron chi connectivity index (χ1n) is 6.16. The minimum Gasteiger partial charge on any atom is -0.409 e. The summed E-state index contributed by atoms with van der Waals surface area (Å²) in [6.45, 7) is 4.51. The van der Waals surface area contributed by atoms with Gasteiger partial charge in [0.15, 0.2) is 5.84 Å². The molecular weight excluding hydrogens is 230 g/mol. The molecule has 1 heterocycles. The Morgan fingerprint density at radius 3 is 3.11 bits per heavy atom. The van der Waals surface area contributed by atoms with Gasteiger partial charge in [0.25, 0.3) is 0 Å². The van der Waals surface area contributed by atoms with Gasteiger partial charge in [-0.1, -0.05) is 23.4 Å².